The van der Waals surface area contributed by atoms with Crippen LogP contribution in [0.4, 0.5) is 19.6 Å². The van der Waals surface area contributed by atoms with E-state index in [1.165, 1.54) is 29.2 Å². The third-order valence-corrected chi connectivity index (χ3v) is 5.87. The largest absolute Gasteiger partial charge is 0.282 e. The molecule has 0 aliphatic heterocycles. The van der Waals surface area contributed by atoms with E-state index in [0.29, 0.717) is 6.54 Å². The molecule has 0 unspecified atom stereocenters. The summed E-state index contributed by atoms with van der Waals surface area (Å²) in [5, 5.41) is 15.5. The third-order valence-electron chi connectivity index (χ3n) is 4.84. The maximum absolute atomic E-state index is 14.2. The Morgan fingerprint density at radius 2 is 1.91 bits per heavy atom. The Labute approximate surface area is 184 Å². The third kappa shape index (κ3) is 4.19. The van der Waals surface area contributed by atoms with Crippen LogP contribution in [0.2, 0.25) is 0 Å². The summed E-state index contributed by atoms with van der Waals surface area (Å²) < 4.78 is 29.8. The zero-order valence-electron chi connectivity index (χ0n) is 17.1. The lowest BCUT2D eigenvalue weighted by Gasteiger charge is -2.20. The number of fused-ring (bicyclic) bond motifs is 1. The van der Waals surface area contributed by atoms with Gasteiger partial charge in [0.15, 0.2) is 10.9 Å². The van der Waals surface area contributed by atoms with Crippen LogP contribution in [0.1, 0.15) is 21.7 Å². The number of hydrogen-bond acceptors (Lipinski definition) is 6. The van der Waals surface area contributed by atoms with Crippen molar-refractivity contribution in [3.8, 4) is 0 Å². The zero-order valence-corrected chi connectivity index (χ0v) is 17.9. The molecular formula is C21H17F2N5O3S. The Morgan fingerprint density at radius 1 is 1.19 bits per heavy atom. The molecule has 2 aromatic carbocycles. The van der Waals surface area contributed by atoms with E-state index >= 15 is 0 Å². The number of aromatic nitrogens is 3. The molecule has 164 valence electrons. The number of nitro groups is 1. The van der Waals surface area contributed by atoms with Crippen molar-refractivity contribution in [1.82, 2.24) is 14.8 Å². The van der Waals surface area contributed by atoms with Crippen molar-refractivity contribution in [2.75, 3.05) is 11.4 Å². The van der Waals surface area contributed by atoms with E-state index in [0.717, 1.165) is 34.9 Å². The highest BCUT2D eigenvalue weighted by Gasteiger charge is 2.23. The fourth-order valence-corrected chi connectivity index (χ4v) is 4.35. The van der Waals surface area contributed by atoms with Gasteiger partial charge in [0.05, 0.1) is 21.9 Å². The molecule has 11 heteroatoms. The number of hydrogen-bond donors (Lipinski definition) is 0. The summed E-state index contributed by atoms with van der Waals surface area (Å²) in [6.07, 6.45) is 0. The number of carbonyl (C=O) groups excluding carboxylic acids is 1. The van der Waals surface area contributed by atoms with E-state index in [-0.39, 0.29) is 33.1 Å². The van der Waals surface area contributed by atoms with Gasteiger partial charge in [0.1, 0.15) is 11.3 Å². The first-order valence-electron chi connectivity index (χ1n) is 9.56. The van der Waals surface area contributed by atoms with Gasteiger partial charge in [0.2, 0.25) is 0 Å². The highest BCUT2D eigenvalue weighted by molar-refractivity contribution is 7.22. The lowest BCUT2D eigenvalue weighted by Crippen LogP contribution is -2.34. The average molecular weight is 457 g/mol. The van der Waals surface area contributed by atoms with Crippen LogP contribution in [-0.4, -0.2) is 32.1 Å². The monoisotopic (exact) mass is 457 g/mol. The Hall–Kier alpha value is -3.73. The number of rotatable bonds is 6. The minimum atomic E-state index is -0.816. The predicted molar refractivity (Wildman–Crippen MR) is 116 cm³/mol. The molecule has 2 aromatic heterocycles. The van der Waals surface area contributed by atoms with Gasteiger partial charge in [-0.3, -0.25) is 24.5 Å². The first-order chi connectivity index (χ1) is 15.2. The summed E-state index contributed by atoms with van der Waals surface area (Å²) in [5.74, 6) is -2.02. The molecule has 0 fully saturated rings. The van der Waals surface area contributed by atoms with Crippen LogP contribution in [0.25, 0.3) is 10.2 Å². The number of anilines is 1. The van der Waals surface area contributed by atoms with E-state index in [2.05, 4.69) is 10.1 Å². The predicted octanol–water partition coefficient (Wildman–Crippen LogP) is 4.64. The molecule has 32 heavy (non-hydrogen) atoms. The van der Waals surface area contributed by atoms with Crippen molar-refractivity contribution in [3.63, 3.8) is 0 Å². The topological polar surface area (TPSA) is 94.2 Å². The normalized spacial score (nSPS) is 11.1. The molecule has 0 bridgehead atoms. The second-order valence-electron chi connectivity index (χ2n) is 7.14. The summed E-state index contributed by atoms with van der Waals surface area (Å²) in [6, 6.07) is 8.98. The van der Waals surface area contributed by atoms with Crippen molar-refractivity contribution < 1.29 is 18.5 Å². The highest BCUT2D eigenvalue weighted by atomic mass is 32.1. The summed E-state index contributed by atoms with van der Waals surface area (Å²) in [4.78, 5) is 29.2. The fourth-order valence-electron chi connectivity index (χ4n) is 3.32. The quantitative estimate of drug-likeness (QED) is 0.311. The Morgan fingerprint density at radius 3 is 2.53 bits per heavy atom. The van der Waals surface area contributed by atoms with Gasteiger partial charge >= 0.3 is 0 Å². The lowest BCUT2D eigenvalue weighted by atomic mass is 10.2. The second kappa shape index (κ2) is 8.42. The number of carbonyl (C=O) groups is 1. The van der Waals surface area contributed by atoms with Crippen molar-refractivity contribution in [1.29, 1.82) is 0 Å². The highest BCUT2D eigenvalue weighted by Crippen LogP contribution is 2.32. The SMILES string of the molecule is Cc1cc(C)n(CCN(C(=O)c2ccc([N+](=O)[O-])cc2)c2nc3c(F)cc(F)cc3s2)n1. The molecule has 4 aromatic rings. The molecule has 4 rings (SSSR count). The van der Waals surface area contributed by atoms with E-state index in [1.807, 2.05) is 19.9 Å². The average Bonchev–Trinajstić information content (AvgIpc) is 3.30. The second-order valence-corrected chi connectivity index (χ2v) is 8.15. The number of aryl methyl sites for hydroxylation is 2. The smallest absolute Gasteiger partial charge is 0.269 e. The molecule has 0 N–H and O–H groups in total. The first-order valence-corrected chi connectivity index (χ1v) is 10.4. The van der Waals surface area contributed by atoms with E-state index in [1.54, 1.807) is 4.68 Å². The fraction of sp³-hybridized carbons (Fsp3) is 0.190. The molecule has 0 radical (unpaired) electrons. The van der Waals surface area contributed by atoms with E-state index in [4.69, 9.17) is 0 Å². The van der Waals surface area contributed by atoms with Crippen LogP contribution >= 0.6 is 11.3 Å². The number of benzene rings is 2. The van der Waals surface area contributed by atoms with Crippen LogP contribution in [0, 0.1) is 35.6 Å². The van der Waals surface area contributed by atoms with Crippen molar-refractivity contribution >= 4 is 38.3 Å². The minimum absolute atomic E-state index is 0.0287. The van der Waals surface area contributed by atoms with Crippen LogP contribution in [0.3, 0.4) is 0 Å². The molecule has 2 heterocycles. The van der Waals surface area contributed by atoms with Gasteiger partial charge in [-0.15, -0.1) is 0 Å². The number of non-ortho nitro benzene ring substituents is 1. The number of nitro benzene ring substituents is 1. The Bertz CT molecular complexity index is 1330. The van der Waals surface area contributed by atoms with Gasteiger partial charge in [-0.1, -0.05) is 11.3 Å². The number of halogens is 2. The van der Waals surface area contributed by atoms with Gasteiger partial charge < -0.3 is 0 Å². The lowest BCUT2D eigenvalue weighted by molar-refractivity contribution is -0.384. The minimum Gasteiger partial charge on any atom is -0.282 e. The van der Waals surface area contributed by atoms with E-state index in [9.17, 15) is 23.7 Å². The van der Waals surface area contributed by atoms with Crippen molar-refractivity contribution in [2.24, 2.45) is 0 Å². The van der Waals surface area contributed by atoms with Crippen molar-refractivity contribution in [2.45, 2.75) is 20.4 Å². The molecule has 0 spiro atoms. The summed E-state index contributed by atoms with van der Waals surface area (Å²) >= 11 is 0.985. The Balaban J connectivity index is 1.72. The van der Waals surface area contributed by atoms with Crippen LogP contribution < -0.4 is 4.90 Å². The zero-order chi connectivity index (χ0) is 23.0. The van der Waals surface area contributed by atoms with Crippen LogP contribution in [0.15, 0.2) is 42.5 Å². The molecule has 1 amide bonds. The molecule has 8 nitrogen and oxygen atoms in total. The maximum Gasteiger partial charge on any atom is 0.269 e. The van der Waals surface area contributed by atoms with Gasteiger partial charge in [-0.25, -0.2) is 13.8 Å². The Kier molecular flexibility index (Phi) is 5.66. The van der Waals surface area contributed by atoms with Crippen LogP contribution in [-0.2, 0) is 6.54 Å². The maximum atomic E-state index is 14.2. The number of amides is 1. The summed E-state index contributed by atoms with van der Waals surface area (Å²) in [6.45, 7) is 4.24. The molecular weight excluding hydrogens is 440 g/mol. The van der Waals surface area contributed by atoms with E-state index < -0.39 is 22.5 Å². The summed E-state index contributed by atoms with van der Waals surface area (Å²) in [7, 11) is 0. The van der Waals surface area contributed by atoms with Gasteiger partial charge in [0, 0.05) is 36.0 Å². The van der Waals surface area contributed by atoms with Gasteiger partial charge in [-0.05, 0) is 38.1 Å². The standard InChI is InChI=1S/C21H17F2N5O3S/c1-12-9-13(2)27(25-12)8-7-26(20(29)14-3-5-16(6-4-14)28(30)31)21-24-19-17(23)10-15(22)11-18(19)32-21/h3-6,9-11H,7-8H2,1-2H3. The van der Waals surface area contributed by atoms with Crippen molar-refractivity contribution in [3.05, 3.63) is 81.2 Å². The first kappa shape index (κ1) is 21.5. The summed E-state index contributed by atoms with van der Waals surface area (Å²) in [5.41, 5.74) is 1.76. The molecule has 0 aliphatic carbocycles. The molecule has 0 atom stereocenters. The molecule has 0 saturated heterocycles. The van der Waals surface area contributed by atoms with Crippen LogP contribution in [0.5, 0.6) is 0 Å². The molecule has 0 saturated carbocycles. The van der Waals surface area contributed by atoms with Gasteiger partial charge in [0.25, 0.3) is 11.6 Å². The van der Waals surface area contributed by atoms with Gasteiger partial charge in [-0.2, -0.15) is 5.10 Å². The number of thiazole rings is 1. The number of nitrogens with zero attached hydrogens (tertiary/aromatic N) is 5. The molecule has 0 aliphatic rings.